The summed E-state index contributed by atoms with van der Waals surface area (Å²) in [6.45, 7) is 2.96. The highest BCUT2D eigenvalue weighted by Crippen LogP contribution is 2.50. The maximum absolute atomic E-state index is 14.1. The largest absolute Gasteiger partial charge is 0.507 e. The number of nitrogens with zero attached hydrogens (tertiary/aromatic N) is 1. The van der Waals surface area contributed by atoms with Crippen molar-refractivity contribution < 1.29 is 38.8 Å². The third-order valence-electron chi connectivity index (χ3n) is 6.22. The molecule has 182 valence electrons. The van der Waals surface area contributed by atoms with E-state index in [9.17, 15) is 29.3 Å². The summed E-state index contributed by atoms with van der Waals surface area (Å²) >= 11 is 0. The van der Waals surface area contributed by atoms with Crippen LogP contribution in [-0.2, 0) is 20.9 Å². The first-order valence-electron chi connectivity index (χ1n) is 10.8. The highest BCUT2D eigenvalue weighted by molar-refractivity contribution is 5.98. The summed E-state index contributed by atoms with van der Waals surface area (Å²) < 4.78 is 24.7. The van der Waals surface area contributed by atoms with Crippen molar-refractivity contribution >= 4 is 11.8 Å². The Morgan fingerprint density at radius 1 is 1.20 bits per heavy atom. The van der Waals surface area contributed by atoms with E-state index in [1.807, 2.05) is 0 Å². The first kappa shape index (κ1) is 24.2. The molecule has 0 bridgehead atoms. The Balaban J connectivity index is 1.99. The van der Waals surface area contributed by atoms with Gasteiger partial charge in [-0.3, -0.25) is 14.6 Å². The van der Waals surface area contributed by atoms with Crippen molar-refractivity contribution in [3.63, 3.8) is 0 Å². The normalized spacial score (nSPS) is 15.5. The fraction of sp³-hybridized carbons (Fsp3) is 0.269. The Labute approximate surface area is 200 Å². The Hall–Kier alpha value is -3.98. The van der Waals surface area contributed by atoms with Gasteiger partial charge in [0.25, 0.3) is 0 Å². The molecular weight excluding hydrogens is 457 g/mol. The number of esters is 1. The fourth-order valence-electron chi connectivity index (χ4n) is 4.42. The van der Waals surface area contributed by atoms with Crippen molar-refractivity contribution in [1.82, 2.24) is 4.98 Å². The molecule has 1 aliphatic heterocycles. The lowest BCUT2D eigenvalue weighted by atomic mass is 9.83. The lowest BCUT2D eigenvalue weighted by molar-refractivity contribution is -0.140. The number of rotatable bonds is 6. The van der Waals surface area contributed by atoms with Crippen molar-refractivity contribution in [1.29, 1.82) is 0 Å². The van der Waals surface area contributed by atoms with Crippen molar-refractivity contribution in [2.45, 2.75) is 38.9 Å². The minimum atomic E-state index is -1.05. The molecule has 0 saturated heterocycles. The first-order valence-corrected chi connectivity index (χ1v) is 10.8. The van der Waals surface area contributed by atoms with E-state index in [1.54, 1.807) is 13.1 Å². The summed E-state index contributed by atoms with van der Waals surface area (Å²) in [7, 11) is 1.19. The van der Waals surface area contributed by atoms with Crippen LogP contribution >= 0.6 is 0 Å². The molecule has 0 unspecified atom stereocenters. The van der Waals surface area contributed by atoms with Crippen molar-refractivity contribution in [2.75, 3.05) is 7.11 Å². The summed E-state index contributed by atoms with van der Waals surface area (Å²) in [4.78, 5) is 28.9. The van der Waals surface area contributed by atoms with Crippen molar-refractivity contribution in [3.05, 3.63) is 81.4 Å². The van der Waals surface area contributed by atoms with Crippen LogP contribution in [0.4, 0.5) is 4.39 Å². The number of aromatic nitrogens is 1. The second kappa shape index (κ2) is 9.34. The topological polar surface area (TPSA) is 126 Å². The Kier molecular flexibility index (Phi) is 6.45. The molecule has 0 spiro atoms. The molecule has 0 aliphatic carbocycles. The number of ketones is 1. The van der Waals surface area contributed by atoms with E-state index in [0.717, 1.165) is 0 Å². The Bertz CT molecular complexity index is 1340. The van der Waals surface area contributed by atoms with Gasteiger partial charge in [0.05, 0.1) is 31.4 Å². The van der Waals surface area contributed by atoms with Gasteiger partial charge in [-0.15, -0.1) is 0 Å². The van der Waals surface area contributed by atoms with E-state index in [4.69, 9.17) is 9.47 Å². The number of phenolic OH excluding ortho intramolecular Hbond substituents is 2. The van der Waals surface area contributed by atoms with Crippen LogP contribution in [0, 0.1) is 12.7 Å². The van der Waals surface area contributed by atoms with Crippen LogP contribution in [-0.4, -0.2) is 39.2 Å². The maximum atomic E-state index is 14.1. The molecular formula is C26H24FNO7. The van der Waals surface area contributed by atoms with E-state index in [0.29, 0.717) is 16.8 Å². The van der Waals surface area contributed by atoms with Crippen LogP contribution in [0.25, 0.3) is 0 Å². The van der Waals surface area contributed by atoms with Gasteiger partial charge in [0.15, 0.2) is 5.78 Å². The van der Waals surface area contributed by atoms with Gasteiger partial charge in [-0.1, -0.05) is 12.1 Å². The number of ether oxygens (including phenoxy) is 2. The zero-order valence-electron chi connectivity index (χ0n) is 19.3. The maximum Gasteiger partial charge on any atom is 0.306 e. The number of benzene rings is 2. The van der Waals surface area contributed by atoms with E-state index in [2.05, 4.69) is 4.98 Å². The molecule has 1 aromatic heterocycles. The van der Waals surface area contributed by atoms with Crippen LogP contribution in [0.3, 0.4) is 0 Å². The molecule has 3 N–H and O–H groups in total. The second-order valence-electron chi connectivity index (χ2n) is 8.39. The third kappa shape index (κ3) is 4.30. The minimum Gasteiger partial charge on any atom is -0.507 e. The predicted octanol–water partition coefficient (Wildman–Crippen LogP) is 4.16. The first-order chi connectivity index (χ1) is 16.6. The van der Waals surface area contributed by atoms with E-state index >= 15 is 0 Å². The number of aromatic hydroxyl groups is 3. The number of hydrogen-bond acceptors (Lipinski definition) is 8. The van der Waals surface area contributed by atoms with Gasteiger partial charge in [-0.25, -0.2) is 4.39 Å². The van der Waals surface area contributed by atoms with Gasteiger partial charge in [-0.05, 0) is 37.6 Å². The SMILES string of the molecule is COC(=O)C[C@H](c1cccc(F)c1)c1c(O)c(C(C)=O)cc([C@H]2OCc3cnc(C)c(O)c32)c1O. The zero-order chi connectivity index (χ0) is 25.4. The predicted molar refractivity (Wildman–Crippen MR) is 122 cm³/mol. The molecule has 0 radical (unpaired) electrons. The van der Waals surface area contributed by atoms with Crippen LogP contribution < -0.4 is 0 Å². The second-order valence-corrected chi connectivity index (χ2v) is 8.39. The zero-order valence-corrected chi connectivity index (χ0v) is 19.3. The molecule has 0 amide bonds. The molecule has 2 heterocycles. The standard InChI is InChI=1S/C26H24FNO7/c1-12-23(31)21-15(10-28-12)11-35-26(21)19-8-17(13(2)29)24(32)22(25(19)33)18(9-20(30)34-3)14-5-4-6-16(27)7-14/h4-8,10,18,26,31-33H,9,11H2,1-3H3/t18-,26-/m1/s1. The summed E-state index contributed by atoms with van der Waals surface area (Å²) in [6.07, 6.45) is 0.232. The van der Waals surface area contributed by atoms with Crippen molar-refractivity contribution in [2.24, 2.45) is 0 Å². The van der Waals surface area contributed by atoms with E-state index < -0.39 is 41.1 Å². The number of halogens is 1. The highest BCUT2D eigenvalue weighted by Gasteiger charge is 2.36. The number of fused-ring (bicyclic) bond motifs is 1. The average Bonchev–Trinajstić information content (AvgIpc) is 3.25. The Morgan fingerprint density at radius 2 is 1.94 bits per heavy atom. The van der Waals surface area contributed by atoms with Crippen LogP contribution in [0.1, 0.15) is 69.2 Å². The quantitative estimate of drug-likeness (QED) is 0.354. The van der Waals surface area contributed by atoms with Gasteiger partial charge in [0.1, 0.15) is 29.2 Å². The minimum absolute atomic E-state index is 0.0986. The number of Topliss-reactive ketones (excluding diaryl/α,β-unsaturated/α-hetero) is 1. The summed E-state index contributed by atoms with van der Waals surface area (Å²) in [5.74, 6) is -3.91. The number of pyridine rings is 1. The molecule has 0 saturated carbocycles. The van der Waals surface area contributed by atoms with E-state index in [1.165, 1.54) is 44.4 Å². The summed E-state index contributed by atoms with van der Waals surface area (Å²) in [5.41, 5.74) is 1.46. The van der Waals surface area contributed by atoms with Crippen LogP contribution in [0.15, 0.2) is 36.5 Å². The summed E-state index contributed by atoms with van der Waals surface area (Å²) in [6, 6.07) is 6.67. The number of methoxy groups -OCH3 is 1. The molecule has 4 rings (SSSR count). The van der Waals surface area contributed by atoms with Gasteiger partial charge in [0, 0.05) is 34.4 Å². The molecule has 1 aliphatic rings. The van der Waals surface area contributed by atoms with Gasteiger partial charge < -0.3 is 24.8 Å². The lowest BCUT2D eigenvalue weighted by Gasteiger charge is -2.24. The number of carbonyl (C=O) groups is 2. The molecule has 35 heavy (non-hydrogen) atoms. The van der Waals surface area contributed by atoms with Crippen LogP contribution in [0.2, 0.25) is 0 Å². The van der Waals surface area contributed by atoms with E-state index in [-0.39, 0.29) is 41.0 Å². The summed E-state index contributed by atoms with van der Waals surface area (Å²) in [5, 5.41) is 33.1. The number of hydrogen-bond donors (Lipinski definition) is 3. The van der Waals surface area contributed by atoms with Gasteiger partial charge in [0.2, 0.25) is 0 Å². The molecule has 2 atom stereocenters. The molecule has 0 fully saturated rings. The number of phenols is 2. The number of aryl methyl sites for hydroxylation is 1. The molecule has 9 heteroatoms. The third-order valence-corrected chi connectivity index (χ3v) is 6.22. The molecule has 3 aromatic rings. The smallest absolute Gasteiger partial charge is 0.306 e. The Morgan fingerprint density at radius 3 is 2.60 bits per heavy atom. The van der Waals surface area contributed by atoms with Crippen LogP contribution in [0.5, 0.6) is 17.2 Å². The van der Waals surface area contributed by atoms with Gasteiger partial charge in [-0.2, -0.15) is 0 Å². The van der Waals surface area contributed by atoms with Crippen molar-refractivity contribution in [3.8, 4) is 17.2 Å². The van der Waals surface area contributed by atoms with Gasteiger partial charge >= 0.3 is 5.97 Å². The lowest BCUT2D eigenvalue weighted by Crippen LogP contribution is -2.13. The highest BCUT2D eigenvalue weighted by atomic mass is 19.1. The molecule has 2 aromatic carbocycles. The number of carbonyl (C=O) groups excluding carboxylic acids is 2. The molecule has 8 nitrogen and oxygen atoms in total. The monoisotopic (exact) mass is 481 g/mol. The average molecular weight is 481 g/mol. The fourth-order valence-corrected chi connectivity index (χ4v) is 4.42.